The average Bonchev–Trinajstić information content (AvgIpc) is 2.05. The van der Waals surface area contributed by atoms with E-state index >= 15 is 0 Å². The van der Waals surface area contributed by atoms with Crippen LogP contribution in [0.15, 0.2) is 18.3 Å². The maximum absolute atomic E-state index is 5.72. The van der Waals surface area contributed by atoms with Crippen molar-refractivity contribution in [1.29, 1.82) is 0 Å². The monoisotopic (exact) mass is 135 g/mol. The predicted octanol–water partition coefficient (Wildman–Crippen LogP) is 1.29. The first kappa shape index (κ1) is 7.22. The molecule has 1 atom stereocenters. The zero-order chi connectivity index (χ0) is 7.40. The Labute approximate surface area is 61.1 Å². The summed E-state index contributed by atoms with van der Waals surface area (Å²) in [5.41, 5.74) is 6.71. The molecule has 2 nitrogen and oxygen atoms in total. The van der Waals surface area contributed by atoms with E-state index in [9.17, 15) is 0 Å². The van der Waals surface area contributed by atoms with Gasteiger partial charge in [-0.05, 0) is 18.1 Å². The Morgan fingerprint density at radius 3 is 3.10 bits per heavy atom. The van der Waals surface area contributed by atoms with Crippen molar-refractivity contribution in [2.75, 3.05) is 0 Å². The van der Waals surface area contributed by atoms with E-state index in [0.29, 0.717) is 0 Å². The van der Waals surface area contributed by atoms with Crippen molar-refractivity contribution in [3.05, 3.63) is 30.1 Å². The van der Waals surface area contributed by atoms with Gasteiger partial charge in [-0.15, -0.1) is 0 Å². The molecule has 0 aromatic carbocycles. The minimum absolute atomic E-state index is 0.0914. The lowest BCUT2D eigenvalue weighted by molar-refractivity contribution is 0.694. The normalized spacial score (nSPS) is 13.0. The van der Waals surface area contributed by atoms with Crippen LogP contribution in [0.4, 0.5) is 0 Å². The van der Waals surface area contributed by atoms with E-state index in [4.69, 9.17) is 5.73 Å². The van der Waals surface area contributed by atoms with Crippen LogP contribution in [0.1, 0.15) is 24.9 Å². The lowest BCUT2D eigenvalue weighted by atomic mass is 10.1. The lowest BCUT2D eigenvalue weighted by Gasteiger charge is -2.05. The highest BCUT2D eigenvalue weighted by Gasteiger charge is 2.00. The Bertz CT molecular complexity index is 184. The number of hydrogen-bond acceptors (Lipinski definition) is 2. The molecule has 0 bridgehead atoms. The molecule has 0 spiro atoms. The highest BCUT2D eigenvalue weighted by molar-refractivity contribution is 5.11. The summed E-state index contributed by atoms with van der Waals surface area (Å²) in [7, 11) is 0. The highest BCUT2D eigenvalue weighted by atomic mass is 14.7. The summed E-state index contributed by atoms with van der Waals surface area (Å²) in [6.45, 7) is 2.05. The summed E-state index contributed by atoms with van der Waals surface area (Å²) in [5, 5.41) is 0. The van der Waals surface area contributed by atoms with Gasteiger partial charge in [0.2, 0.25) is 0 Å². The number of pyridine rings is 1. The van der Waals surface area contributed by atoms with Crippen LogP contribution >= 0.6 is 0 Å². The molecule has 53 valence electrons. The van der Waals surface area contributed by atoms with Crippen molar-refractivity contribution < 1.29 is 0 Å². The van der Waals surface area contributed by atoms with Gasteiger partial charge in [-0.25, -0.2) is 0 Å². The predicted molar refractivity (Wildman–Crippen MR) is 40.3 cm³/mol. The Balaban J connectivity index is 2.75. The minimum atomic E-state index is 0.0914. The third kappa shape index (κ3) is 1.54. The SMILES string of the molecule is CCC(N)c1[c]nccc1. The number of nitrogens with zero attached hydrogens (tertiary/aromatic N) is 1. The number of hydrogen-bond donors (Lipinski definition) is 1. The van der Waals surface area contributed by atoms with Gasteiger partial charge in [0.25, 0.3) is 0 Å². The zero-order valence-electron chi connectivity index (χ0n) is 6.04. The molecule has 1 heterocycles. The van der Waals surface area contributed by atoms with Crippen molar-refractivity contribution in [2.24, 2.45) is 5.73 Å². The first-order valence-corrected chi connectivity index (χ1v) is 3.42. The smallest absolute Gasteiger partial charge is 0.0937 e. The van der Waals surface area contributed by atoms with Crippen LogP contribution < -0.4 is 5.73 Å². The summed E-state index contributed by atoms with van der Waals surface area (Å²) in [5.74, 6) is 0. The molecule has 0 aliphatic heterocycles. The molecule has 1 unspecified atom stereocenters. The molecule has 2 N–H and O–H groups in total. The molecule has 0 amide bonds. The molecule has 2 heteroatoms. The zero-order valence-corrected chi connectivity index (χ0v) is 6.04. The summed E-state index contributed by atoms with van der Waals surface area (Å²) < 4.78 is 0. The van der Waals surface area contributed by atoms with Gasteiger partial charge in [0.15, 0.2) is 0 Å². The molecule has 1 aromatic heterocycles. The minimum Gasteiger partial charge on any atom is -0.324 e. The fourth-order valence-corrected chi connectivity index (χ4v) is 0.765. The third-order valence-corrected chi connectivity index (χ3v) is 1.47. The van der Waals surface area contributed by atoms with Gasteiger partial charge >= 0.3 is 0 Å². The molecule has 1 rings (SSSR count). The van der Waals surface area contributed by atoms with Gasteiger partial charge in [0, 0.05) is 12.2 Å². The van der Waals surface area contributed by atoms with Crippen LogP contribution in [-0.4, -0.2) is 4.98 Å². The van der Waals surface area contributed by atoms with Gasteiger partial charge < -0.3 is 5.73 Å². The maximum atomic E-state index is 5.72. The quantitative estimate of drug-likeness (QED) is 0.663. The molecule has 1 aromatic rings. The Kier molecular flexibility index (Phi) is 2.40. The lowest BCUT2D eigenvalue weighted by Crippen LogP contribution is -2.08. The van der Waals surface area contributed by atoms with Crippen molar-refractivity contribution in [3.63, 3.8) is 0 Å². The molecule has 10 heavy (non-hydrogen) atoms. The van der Waals surface area contributed by atoms with E-state index in [1.165, 1.54) is 0 Å². The van der Waals surface area contributed by atoms with Gasteiger partial charge in [-0.3, -0.25) is 4.98 Å². The average molecular weight is 135 g/mol. The summed E-state index contributed by atoms with van der Waals surface area (Å²) in [4.78, 5) is 3.85. The standard InChI is InChI=1S/C8H11N2/c1-2-8(9)7-4-3-5-10-6-7/h3-5,8H,2,9H2,1H3. The first-order valence-electron chi connectivity index (χ1n) is 3.42. The first-order chi connectivity index (χ1) is 4.84. The summed E-state index contributed by atoms with van der Waals surface area (Å²) in [6.07, 6.45) is 5.48. The van der Waals surface area contributed by atoms with Crippen molar-refractivity contribution in [1.82, 2.24) is 4.98 Å². The second-order valence-electron chi connectivity index (χ2n) is 2.22. The van der Waals surface area contributed by atoms with Gasteiger partial charge in [-0.2, -0.15) is 0 Å². The van der Waals surface area contributed by atoms with E-state index < -0.39 is 0 Å². The number of rotatable bonds is 2. The Morgan fingerprint density at radius 1 is 1.80 bits per heavy atom. The van der Waals surface area contributed by atoms with E-state index in [-0.39, 0.29) is 6.04 Å². The van der Waals surface area contributed by atoms with Crippen molar-refractivity contribution in [3.8, 4) is 0 Å². The van der Waals surface area contributed by atoms with Crippen LogP contribution in [0, 0.1) is 6.20 Å². The molecule has 0 fully saturated rings. The molecule has 1 radical (unpaired) electrons. The molecule has 0 aliphatic carbocycles. The fourth-order valence-electron chi connectivity index (χ4n) is 0.765. The largest absolute Gasteiger partial charge is 0.324 e. The van der Waals surface area contributed by atoms with Gasteiger partial charge in [0.1, 0.15) is 0 Å². The van der Waals surface area contributed by atoms with Crippen LogP contribution in [0.2, 0.25) is 0 Å². The van der Waals surface area contributed by atoms with E-state index in [0.717, 1.165) is 12.0 Å². The molecule has 0 saturated heterocycles. The number of aromatic nitrogens is 1. The van der Waals surface area contributed by atoms with E-state index in [1.807, 2.05) is 19.1 Å². The fraction of sp³-hybridized carbons (Fsp3) is 0.375. The highest BCUT2D eigenvalue weighted by Crippen LogP contribution is 2.09. The molecule has 0 saturated carbocycles. The van der Waals surface area contributed by atoms with Gasteiger partial charge in [-0.1, -0.05) is 13.0 Å². The van der Waals surface area contributed by atoms with E-state index in [1.54, 1.807) is 6.20 Å². The van der Waals surface area contributed by atoms with Gasteiger partial charge in [0.05, 0.1) is 6.20 Å². The van der Waals surface area contributed by atoms with E-state index in [2.05, 4.69) is 11.2 Å². The van der Waals surface area contributed by atoms with Crippen molar-refractivity contribution >= 4 is 0 Å². The number of nitrogens with two attached hydrogens (primary N) is 1. The van der Waals surface area contributed by atoms with Crippen molar-refractivity contribution in [2.45, 2.75) is 19.4 Å². The van der Waals surface area contributed by atoms with Crippen LogP contribution in [0.25, 0.3) is 0 Å². The molecule has 0 aliphatic rings. The molecular formula is C8H11N2. The van der Waals surface area contributed by atoms with Crippen LogP contribution in [0.3, 0.4) is 0 Å². The van der Waals surface area contributed by atoms with Crippen LogP contribution in [0.5, 0.6) is 0 Å². The third-order valence-electron chi connectivity index (χ3n) is 1.47. The molecular weight excluding hydrogens is 124 g/mol. The Morgan fingerprint density at radius 2 is 2.60 bits per heavy atom. The second kappa shape index (κ2) is 3.32. The maximum Gasteiger partial charge on any atom is 0.0937 e. The second-order valence-corrected chi connectivity index (χ2v) is 2.22. The van der Waals surface area contributed by atoms with Crippen LogP contribution in [-0.2, 0) is 0 Å². The summed E-state index contributed by atoms with van der Waals surface area (Å²) in [6, 6.07) is 3.91. The summed E-state index contributed by atoms with van der Waals surface area (Å²) >= 11 is 0. The topological polar surface area (TPSA) is 38.9 Å². The Hall–Kier alpha value is -0.890.